The number of aryl methyl sites for hydroxylation is 1. The number of aromatic nitrogens is 2. The maximum absolute atomic E-state index is 12.2. The van der Waals surface area contributed by atoms with E-state index in [2.05, 4.69) is 24.0 Å². The van der Waals surface area contributed by atoms with E-state index in [0.29, 0.717) is 5.82 Å². The molecule has 0 atom stereocenters. The van der Waals surface area contributed by atoms with Crippen LogP contribution in [0.5, 0.6) is 0 Å². The second-order valence-corrected chi connectivity index (χ2v) is 5.18. The molecule has 3 rings (SSSR count). The van der Waals surface area contributed by atoms with Gasteiger partial charge in [-0.05, 0) is 24.1 Å². The van der Waals surface area contributed by atoms with Crippen molar-refractivity contribution in [3.05, 3.63) is 54.1 Å². The van der Waals surface area contributed by atoms with Gasteiger partial charge in [0.25, 0.3) is 0 Å². The molecule has 0 radical (unpaired) electrons. The Morgan fingerprint density at radius 3 is 2.55 bits per heavy atom. The van der Waals surface area contributed by atoms with Crippen molar-refractivity contribution in [1.82, 2.24) is 9.55 Å². The molecular formula is C18H18N2O2. The SMILES string of the molecule is CCCc1ccc(-c2nc3ccccc3n2C(=O)OC)cc1. The molecule has 0 aliphatic heterocycles. The molecule has 0 spiro atoms. The maximum atomic E-state index is 12.2. The van der Waals surface area contributed by atoms with Crippen LogP contribution >= 0.6 is 0 Å². The molecule has 4 nitrogen and oxygen atoms in total. The minimum atomic E-state index is -0.429. The van der Waals surface area contributed by atoms with Gasteiger partial charge < -0.3 is 4.74 Å². The molecule has 0 saturated heterocycles. The number of ether oxygens (including phenoxy) is 1. The standard InChI is InChI=1S/C18H18N2O2/c1-3-6-13-9-11-14(12-10-13)17-19-15-7-4-5-8-16(15)20(17)18(21)22-2/h4-5,7-12H,3,6H2,1-2H3. The molecule has 0 amide bonds. The fourth-order valence-electron chi connectivity index (χ4n) is 2.60. The van der Waals surface area contributed by atoms with Crippen molar-refractivity contribution in [3.63, 3.8) is 0 Å². The van der Waals surface area contributed by atoms with Crippen LogP contribution in [-0.2, 0) is 11.2 Å². The topological polar surface area (TPSA) is 44.1 Å². The van der Waals surface area contributed by atoms with E-state index in [4.69, 9.17) is 4.74 Å². The number of methoxy groups -OCH3 is 1. The van der Waals surface area contributed by atoms with E-state index >= 15 is 0 Å². The molecule has 0 N–H and O–H groups in total. The van der Waals surface area contributed by atoms with Gasteiger partial charge in [0.15, 0.2) is 5.82 Å². The first-order valence-corrected chi connectivity index (χ1v) is 7.39. The summed E-state index contributed by atoms with van der Waals surface area (Å²) in [6.07, 6.45) is 1.73. The van der Waals surface area contributed by atoms with Crippen molar-refractivity contribution in [2.45, 2.75) is 19.8 Å². The average Bonchev–Trinajstić information content (AvgIpc) is 2.94. The van der Waals surface area contributed by atoms with Crippen molar-refractivity contribution in [2.24, 2.45) is 0 Å². The molecule has 3 aromatic rings. The first-order chi connectivity index (χ1) is 10.7. The van der Waals surface area contributed by atoms with Crippen LogP contribution in [0.25, 0.3) is 22.4 Å². The predicted octanol–water partition coefficient (Wildman–Crippen LogP) is 4.27. The molecule has 0 saturated carbocycles. The molecule has 0 fully saturated rings. The van der Waals surface area contributed by atoms with Gasteiger partial charge in [0.05, 0.1) is 18.1 Å². The molecular weight excluding hydrogens is 276 g/mol. The second kappa shape index (κ2) is 6.02. The fraction of sp³-hybridized carbons (Fsp3) is 0.222. The third-order valence-electron chi connectivity index (χ3n) is 3.67. The van der Waals surface area contributed by atoms with Crippen LogP contribution in [0.4, 0.5) is 4.79 Å². The zero-order valence-electron chi connectivity index (χ0n) is 12.7. The van der Waals surface area contributed by atoms with Crippen LogP contribution in [0.3, 0.4) is 0 Å². The van der Waals surface area contributed by atoms with Crippen molar-refractivity contribution >= 4 is 17.1 Å². The van der Waals surface area contributed by atoms with Crippen LogP contribution in [0.15, 0.2) is 48.5 Å². The smallest absolute Gasteiger partial charge is 0.419 e. The van der Waals surface area contributed by atoms with Gasteiger partial charge in [0, 0.05) is 5.56 Å². The number of hydrogen-bond donors (Lipinski definition) is 0. The quantitative estimate of drug-likeness (QED) is 0.724. The van der Waals surface area contributed by atoms with Gasteiger partial charge in [0.2, 0.25) is 0 Å². The summed E-state index contributed by atoms with van der Waals surface area (Å²) in [4.78, 5) is 16.7. The van der Waals surface area contributed by atoms with E-state index in [9.17, 15) is 4.79 Å². The summed E-state index contributed by atoms with van der Waals surface area (Å²) in [6.45, 7) is 2.16. The Morgan fingerprint density at radius 2 is 1.86 bits per heavy atom. The second-order valence-electron chi connectivity index (χ2n) is 5.18. The van der Waals surface area contributed by atoms with Gasteiger partial charge in [-0.15, -0.1) is 0 Å². The summed E-state index contributed by atoms with van der Waals surface area (Å²) in [5.74, 6) is 0.607. The lowest BCUT2D eigenvalue weighted by atomic mass is 10.1. The summed E-state index contributed by atoms with van der Waals surface area (Å²) in [5, 5.41) is 0. The zero-order valence-corrected chi connectivity index (χ0v) is 12.7. The van der Waals surface area contributed by atoms with Crippen molar-refractivity contribution in [2.75, 3.05) is 7.11 Å². The summed E-state index contributed by atoms with van der Waals surface area (Å²) >= 11 is 0. The predicted molar refractivity (Wildman–Crippen MR) is 87.0 cm³/mol. The largest absolute Gasteiger partial charge is 0.452 e. The van der Waals surface area contributed by atoms with Crippen LogP contribution in [0.1, 0.15) is 18.9 Å². The number of imidazole rings is 1. The summed E-state index contributed by atoms with van der Waals surface area (Å²) < 4.78 is 6.43. The summed E-state index contributed by atoms with van der Waals surface area (Å²) in [7, 11) is 1.38. The Morgan fingerprint density at radius 1 is 1.14 bits per heavy atom. The molecule has 0 unspecified atom stereocenters. The van der Waals surface area contributed by atoms with Crippen LogP contribution < -0.4 is 0 Å². The highest BCUT2D eigenvalue weighted by Gasteiger charge is 2.18. The van der Waals surface area contributed by atoms with E-state index in [1.807, 2.05) is 36.4 Å². The lowest BCUT2D eigenvalue weighted by Crippen LogP contribution is -2.12. The number of nitrogens with zero attached hydrogens (tertiary/aromatic N) is 2. The van der Waals surface area contributed by atoms with Gasteiger partial charge in [-0.1, -0.05) is 49.7 Å². The van der Waals surface area contributed by atoms with Crippen molar-refractivity contribution in [1.29, 1.82) is 0 Å². The van der Waals surface area contributed by atoms with Gasteiger partial charge in [-0.25, -0.2) is 14.3 Å². The van der Waals surface area contributed by atoms with Gasteiger partial charge in [-0.3, -0.25) is 0 Å². The third-order valence-corrected chi connectivity index (χ3v) is 3.67. The first-order valence-electron chi connectivity index (χ1n) is 7.39. The van der Waals surface area contributed by atoms with E-state index < -0.39 is 6.09 Å². The minimum Gasteiger partial charge on any atom is -0.452 e. The highest BCUT2D eigenvalue weighted by molar-refractivity contribution is 5.91. The highest BCUT2D eigenvalue weighted by atomic mass is 16.5. The molecule has 1 heterocycles. The molecule has 2 aromatic carbocycles. The molecule has 4 heteroatoms. The van der Waals surface area contributed by atoms with Crippen LogP contribution in [-0.4, -0.2) is 22.8 Å². The van der Waals surface area contributed by atoms with Gasteiger partial charge in [-0.2, -0.15) is 0 Å². The molecule has 0 aliphatic rings. The normalized spacial score (nSPS) is 10.8. The van der Waals surface area contributed by atoms with E-state index in [-0.39, 0.29) is 0 Å². The number of rotatable bonds is 3. The Kier molecular flexibility index (Phi) is 3.92. The number of carbonyl (C=O) groups is 1. The molecule has 112 valence electrons. The lowest BCUT2D eigenvalue weighted by Gasteiger charge is -2.07. The Hall–Kier alpha value is -2.62. The lowest BCUT2D eigenvalue weighted by molar-refractivity contribution is 0.174. The number of para-hydroxylation sites is 2. The number of carbonyl (C=O) groups excluding carboxylic acids is 1. The van der Waals surface area contributed by atoms with E-state index in [0.717, 1.165) is 29.4 Å². The summed E-state index contributed by atoms with van der Waals surface area (Å²) in [5.41, 5.74) is 3.72. The molecule has 0 aliphatic carbocycles. The van der Waals surface area contributed by atoms with E-state index in [1.54, 1.807) is 0 Å². The maximum Gasteiger partial charge on any atom is 0.419 e. The Bertz CT molecular complexity index is 804. The molecule has 22 heavy (non-hydrogen) atoms. The Labute approximate surface area is 129 Å². The fourth-order valence-corrected chi connectivity index (χ4v) is 2.60. The van der Waals surface area contributed by atoms with Crippen molar-refractivity contribution < 1.29 is 9.53 Å². The zero-order chi connectivity index (χ0) is 15.5. The highest BCUT2D eigenvalue weighted by Crippen LogP contribution is 2.25. The monoisotopic (exact) mass is 294 g/mol. The molecule has 1 aromatic heterocycles. The van der Waals surface area contributed by atoms with Crippen molar-refractivity contribution in [3.8, 4) is 11.4 Å². The van der Waals surface area contributed by atoms with Crippen LogP contribution in [0.2, 0.25) is 0 Å². The van der Waals surface area contributed by atoms with Gasteiger partial charge in [0.1, 0.15) is 0 Å². The minimum absolute atomic E-state index is 0.429. The Balaban J connectivity index is 2.15. The number of benzene rings is 2. The molecule has 0 bridgehead atoms. The first kappa shape index (κ1) is 14.3. The summed E-state index contributed by atoms with van der Waals surface area (Å²) in [6, 6.07) is 15.7. The number of fused-ring (bicyclic) bond motifs is 1. The van der Waals surface area contributed by atoms with Gasteiger partial charge >= 0.3 is 6.09 Å². The third kappa shape index (κ3) is 2.48. The number of hydrogen-bond acceptors (Lipinski definition) is 3. The van der Waals surface area contributed by atoms with E-state index in [1.165, 1.54) is 17.2 Å². The average molecular weight is 294 g/mol. The van der Waals surface area contributed by atoms with Crippen LogP contribution in [0, 0.1) is 0 Å².